The molecule has 3 N–H and O–H groups in total. The molecule has 2 rings (SSSR count). The monoisotopic (exact) mass is 265 g/mol. The van der Waals surface area contributed by atoms with Crippen molar-refractivity contribution in [3.05, 3.63) is 11.4 Å². The summed E-state index contributed by atoms with van der Waals surface area (Å²) in [4.78, 5) is 26.9. The number of hydrogen-bond donors (Lipinski definition) is 2. The number of aromatic nitrogens is 2. The summed E-state index contributed by atoms with van der Waals surface area (Å²) >= 11 is 0. The van der Waals surface area contributed by atoms with Gasteiger partial charge in [0.15, 0.2) is 5.69 Å². The molecule has 1 aromatic heterocycles. The minimum absolute atomic E-state index is 0.0413. The lowest BCUT2D eigenvalue weighted by molar-refractivity contribution is -0.130. The maximum atomic E-state index is 12.3. The number of anilines is 1. The van der Waals surface area contributed by atoms with E-state index in [0.717, 1.165) is 5.69 Å². The molecule has 0 aromatic carbocycles. The first-order valence-corrected chi connectivity index (χ1v) is 6.42. The Labute approximate surface area is 111 Å². The number of hydrogen-bond acceptors (Lipinski definition) is 4. The molecule has 19 heavy (non-hydrogen) atoms. The van der Waals surface area contributed by atoms with Crippen molar-refractivity contribution in [3.8, 4) is 0 Å². The maximum Gasteiger partial charge on any atom is 0.276 e. The van der Waals surface area contributed by atoms with Gasteiger partial charge >= 0.3 is 0 Å². The molecule has 0 unspecified atom stereocenters. The van der Waals surface area contributed by atoms with Gasteiger partial charge in [-0.2, -0.15) is 5.10 Å². The minimum Gasteiger partial charge on any atom is -0.395 e. The van der Waals surface area contributed by atoms with Crippen LogP contribution >= 0.6 is 0 Å². The van der Waals surface area contributed by atoms with Crippen molar-refractivity contribution in [2.45, 2.75) is 20.3 Å². The number of rotatable bonds is 2. The second-order valence-corrected chi connectivity index (χ2v) is 4.62. The highest BCUT2D eigenvalue weighted by Crippen LogP contribution is 2.17. The first-order valence-electron chi connectivity index (χ1n) is 6.42. The van der Waals surface area contributed by atoms with Crippen molar-refractivity contribution in [3.63, 3.8) is 0 Å². The molecule has 1 aromatic rings. The van der Waals surface area contributed by atoms with Crippen LogP contribution in [0.15, 0.2) is 0 Å². The number of nitrogen functional groups attached to an aromatic ring is 1. The molecule has 7 nitrogen and oxygen atoms in total. The van der Waals surface area contributed by atoms with Gasteiger partial charge in [-0.05, 0) is 6.42 Å². The normalized spacial score (nSPS) is 15.7. The standard InChI is InChI=1S/C12H19N5O2/c1-3-9-10(13)11(15-14-9)12(19)17-6-4-16(5-7-17)8(2)18/h3-7,13H2,1-2H3,(H,14,15). The van der Waals surface area contributed by atoms with Crippen LogP contribution in [0, 0.1) is 0 Å². The van der Waals surface area contributed by atoms with E-state index in [0.29, 0.717) is 38.3 Å². The highest BCUT2D eigenvalue weighted by atomic mass is 16.2. The van der Waals surface area contributed by atoms with E-state index in [1.54, 1.807) is 9.80 Å². The Morgan fingerprint density at radius 1 is 1.26 bits per heavy atom. The molecule has 1 aliphatic rings. The third kappa shape index (κ3) is 2.54. The second kappa shape index (κ2) is 5.29. The molecule has 7 heteroatoms. The van der Waals surface area contributed by atoms with Crippen LogP contribution in [0.4, 0.5) is 5.69 Å². The summed E-state index contributed by atoms with van der Waals surface area (Å²) in [5, 5.41) is 6.78. The van der Waals surface area contributed by atoms with E-state index in [1.807, 2.05) is 6.92 Å². The molecule has 0 bridgehead atoms. The van der Waals surface area contributed by atoms with Gasteiger partial charge < -0.3 is 15.5 Å². The Morgan fingerprint density at radius 2 is 1.84 bits per heavy atom. The van der Waals surface area contributed by atoms with Gasteiger partial charge in [-0.15, -0.1) is 0 Å². The Kier molecular flexibility index (Phi) is 3.73. The van der Waals surface area contributed by atoms with Crippen LogP contribution in [0.3, 0.4) is 0 Å². The molecule has 0 radical (unpaired) electrons. The van der Waals surface area contributed by atoms with Crippen molar-refractivity contribution < 1.29 is 9.59 Å². The highest BCUT2D eigenvalue weighted by Gasteiger charge is 2.26. The smallest absolute Gasteiger partial charge is 0.276 e. The fraction of sp³-hybridized carbons (Fsp3) is 0.583. The van der Waals surface area contributed by atoms with Crippen molar-refractivity contribution in [2.24, 2.45) is 0 Å². The van der Waals surface area contributed by atoms with Crippen LogP contribution in [-0.4, -0.2) is 58.0 Å². The van der Waals surface area contributed by atoms with Gasteiger partial charge in [0.2, 0.25) is 5.91 Å². The molecule has 2 heterocycles. The number of H-pyrrole nitrogens is 1. The lowest BCUT2D eigenvalue weighted by Gasteiger charge is -2.33. The van der Waals surface area contributed by atoms with Crippen LogP contribution in [0.25, 0.3) is 0 Å². The largest absolute Gasteiger partial charge is 0.395 e. The van der Waals surface area contributed by atoms with Gasteiger partial charge in [0.1, 0.15) is 0 Å². The Hall–Kier alpha value is -2.05. The number of aryl methyl sites for hydroxylation is 1. The molecule has 2 amide bonds. The van der Waals surface area contributed by atoms with Crippen molar-refractivity contribution in [1.82, 2.24) is 20.0 Å². The van der Waals surface area contributed by atoms with Crippen LogP contribution in [0.2, 0.25) is 0 Å². The van der Waals surface area contributed by atoms with E-state index in [-0.39, 0.29) is 17.5 Å². The second-order valence-electron chi connectivity index (χ2n) is 4.62. The molecule has 0 spiro atoms. The number of aromatic amines is 1. The number of amides is 2. The summed E-state index contributed by atoms with van der Waals surface area (Å²) in [6, 6.07) is 0. The van der Waals surface area contributed by atoms with E-state index in [2.05, 4.69) is 10.2 Å². The van der Waals surface area contributed by atoms with Gasteiger partial charge in [-0.25, -0.2) is 0 Å². The molecule has 0 saturated carbocycles. The number of nitrogens with two attached hydrogens (primary N) is 1. The summed E-state index contributed by atoms with van der Waals surface area (Å²) in [6.07, 6.45) is 0.713. The van der Waals surface area contributed by atoms with E-state index in [1.165, 1.54) is 6.92 Å². The number of carbonyl (C=O) groups excluding carboxylic acids is 2. The van der Waals surface area contributed by atoms with Crippen molar-refractivity contribution >= 4 is 17.5 Å². The van der Waals surface area contributed by atoms with Gasteiger partial charge in [0, 0.05) is 33.1 Å². The van der Waals surface area contributed by atoms with Crippen LogP contribution in [0.1, 0.15) is 30.0 Å². The zero-order chi connectivity index (χ0) is 14.0. The Bertz CT molecular complexity index is 488. The van der Waals surface area contributed by atoms with E-state index < -0.39 is 0 Å². The molecule has 104 valence electrons. The fourth-order valence-electron chi connectivity index (χ4n) is 2.19. The SMILES string of the molecule is CCc1[nH]nc(C(=O)N2CCN(C(C)=O)CC2)c1N. The number of nitrogens with one attached hydrogen (secondary N) is 1. The molecule has 1 saturated heterocycles. The van der Waals surface area contributed by atoms with Crippen LogP contribution in [-0.2, 0) is 11.2 Å². The van der Waals surface area contributed by atoms with E-state index in [4.69, 9.17) is 5.73 Å². The minimum atomic E-state index is -0.170. The zero-order valence-corrected chi connectivity index (χ0v) is 11.3. The average molecular weight is 265 g/mol. The van der Waals surface area contributed by atoms with Crippen LogP contribution < -0.4 is 5.73 Å². The molecular weight excluding hydrogens is 246 g/mol. The van der Waals surface area contributed by atoms with Crippen molar-refractivity contribution in [1.29, 1.82) is 0 Å². The Morgan fingerprint density at radius 3 is 2.32 bits per heavy atom. The molecule has 0 atom stereocenters. The van der Waals surface area contributed by atoms with Crippen LogP contribution in [0.5, 0.6) is 0 Å². The quantitative estimate of drug-likeness (QED) is 0.778. The van der Waals surface area contributed by atoms with E-state index >= 15 is 0 Å². The lowest BCUT2D eigenvalue weighted by Crippen LogP contribution is -2.50. The topological polar surface area (TPSA) is 95.3 Å². The first kappa shape index (κ1) is 13.4. The summed E-state index contributed by atoms with van der Waals surface area (Å²) in [7, 11) is 0. The molecule has 0 aliphatic carbocycles. The zero-order valence-electron chi connectivity index (χ0n) is 11.3. The number of piperazine rings is 1. The summed E-state index contributed by atoms with van der Waals surface area (Å²) in [5.41, 5.74) is 7.39. The summed E-state index contributed by atoms with van der Waals surface area (Å²) in [5.74, 6) is -0.128. The number of carbonyl (C=O) groups is 2. The lowest BCUT2D eigenvalue weighted by atomic mass is 10.2. The number of nitrogens with zero attached hydrogens (tertiary/aromatic N) is 3. The summed E-state index contributed by atoms with van der Waals surface area (Å²) < 4.78 is 0. The Balaban J connectivity index is 2.05. The summed E-state index contributed by atoms with van der Waals surface area (Å²) in [6.45, 7) is 5.65. The van der Waals surface area contributed by atoms with Gasteiger partial charge in [0.25, 0.3) is 5.91 Å². The first-order chi connectivity index (χ1) is 9.04. The van der Waals surface area contributed by atoms with Gasteiger partial charge in [-0.3, -0.25) is 14.7 Å². The fourth-order valence-corrected chi connectivity index (χ4v) is 2.19. The predicted octanol–water partition coefficient (Wildman–Crippen LogP) is -0.141. The third-order valence-corrected chi connectivity index (χ3v) is 3.45. The van der Waals surface area contributed by atoms with E-state index in [9.17, 15) is 9.59 Å². The maximum absolute atomic E-state index is 12.3. The van der Waals surface area contributed by atoms with Gasteiger partial charge in [-0.1, -0.05) is 6.92 Å². The highest BCUT2D eigenvalue weighted by molar-refractivity contribution is 5.97. The molecule has 1 aliphatic heterocycles. The molecule has 1 fully saturated rings. The predicted molar refractivity (Wildman–Crippen MR) is 70.5 cm³/mol. The third-order valence-electron chi connectivity index (χ3n) is 3.45. The van der Waals surface area contributed by atoms with Crippen molar-refractivity contribution in [2.75, 3.05) is 31.9 Å². The average Bonchev–Trinajstić information content (AvgIpc) is 2.79. The van der Waals surface area contributed by atoms with Gasteiger partial charge in [0.05, 0.1) is 11.4 Å². The molecular formula is C12H19N5O2.